The van der Waals surface area contributed by atoms with Gasteiger partial charge < -0.3 is 5.32 Å². The van der Waals surface area contributed by atoms with Gasteiger partial charge in [-0.2, -0.15) is 0 Å². The van der Waals surface area contributed by atoms with Crippen molar-refractivity contribution >= 4 is 11.9 Å². The van der Waals surface area contributed by atoms with Gasteiger partial charge >= 0.3 is 6.03 Å². The van der Waals surface area contributed by atoms with E-state index in [2.05, 4.69) is 25.7 Å². The van der Waals surface area contributed by atoms with Crippen LogP contribution in [0.1, 0.15) is 17.9 Å². The number of hydrogen-bond acceptors (Lipinski definition) is 5. The SMILES string of the molecule is Cc1cc(-n2nc(-c3ccccc3)nc2CCC2NC(=O)NC2=O)ccn1. The van der Waals surface area contributed by atoms with Gasteiger partial charge in [-0.05, 0) is 25.5 Å². The van der Waals surface area contributed by atoms with Gasteiger partial charge in [0.25, 0.3) is 5.91 Å². The number of aromatic nitrogens is 4. The lowest BCUT2D eigenvalue weighted by molar-refractivity contribution is -0.120. The number of pyridine rings is 1. The molecule has 1 unspecified atom stereocenters. The fourth-order valence-corrected chi connectivity index (χ4v) is 3.02. The van der Waals surface area contributed by atoms with Gasteiger partial charge in [0.1, 0.15) is 11.9 Å². The number of aryl methyl sites for hydroxylation is 2. The van der Waals surface area contributed by atoms with Gasteiger partial charge in [-0.3, -0.25) is 15.1 Å². The molecular formula is C19H18N6O2. The van der Waals surface area contributed by atoms with E-state index in [1.165, 1.54) is 0 Å². The summed E-state index contributed by atoms with van der Waals surface area (Å²) >= 11 is 0. The molecule has 1 fully saturated rings. The van der Waals surface area contributed by atoms with Crippen molar-refractivity contribution in [3.8, 4) is 17.1 Å². The van der Waals surface area contributed by atoms with Crippen LogP contribution in [0.2, 0.25) is 0 Å². The number of urea groups is 1. The molecule has 1 atom stereocenters. The molecule has 3 amide bonds. The summed E-state index contributed by atoms with van der Waals surface area (Å²) in [6.45, 7) is 1.91. The van der Waals surface area contributed by atoms with Crippen molar-refractivity contribution in [1.29, 1.82) is 0 Å². The molecule has 1 aromatic carbocycles. The first-order valence-corrected chi connectivity index (χ1v) is 8.66. The number of nitrogens with one attached hydrogen (secondary N) is 2. The first-order chi connectivity index (χ1) is 13.1. The fraction of sp³-hybridized carbons (Fsp3) is 0.211. The second kappa shape index (κ2) is 6.99. The van der Waals surface area contributed by atoms with E-state index in [1.54, 1.807) is 10.9 Å². The van der Waals surface area contributed by atoms with Crippen molar-refractivity contribution in [2.24, 2.45) is 0 Å². The Hall–Kier alpha value is -3.55. The average molecular weight is 362 g/mol. The normalized spacial score (nSPS) is 16.3. The lowest BCUT2D eigenvalue weighted by Gasteiger charge is -2.08. The molecule has 0 saturated carbocycles. The van der Waals surface area contributed by atoms with Crippen LogP contribution in [0.3, 0.4) is 0 Å². The van der Waals surface area contributed by atoms with E-state index in [4.69, 9.17) is 0 Å². The fourth-order valence-electron chi connectivity index (χ4n) is 3.02. The molecule has 3 heterocycles. The van der Waals surface area contributed by atoms with Crippen LogP contribution in [0, 0.1) is 6.92 Å². The number of amides is 3. The summed E-state index contributed by atoms with van der Waals surface area (Å²) in [5.74, 6) is 1.02. The van der Waals surface area contributed by atoms with Gasteiger partial charge in [-0.25, -0.2) is 14.5 Å². The molecule has 1 saturated heterocycles. The van der Waals surface area contributed by atoms with E-state index >= 15 is 0 Å². The predicted molar refractivity (Wildman–Crippen MR) is 98.1 cm³/mol. The molecule has 2 aromatic heterocycles. The van der Waals surface area contributed by atoms with Gasteiger partial charge in [0.15, 0.2) is 5.82 Å². The van der Waals surface area contributed by atoms with Crippen LogP contribution in [0.25, 0.3) is 17.1 Å². The van der Waals surface area contributed by atoms with Crippen LogP contribution in [0.15, 0.2) is 48.7 Å². The zero-order valence-electron chi connectivity index (χ0n) is 14.7. The molecule has 4 rings (SSSR count). The first kappa shape index (κ1) is 16.9. The molecule has 0 aliphatic carbocycles. The van der Waals surface area contributed by atoms with Gasteiger partial charge in [-0.1, -0.05) is 30.3 Å². The summed E-state index contributed by atoms with van der Waals surface area (Å²) in [6.07, 6.45) is 2.65. The Morgan fingerprint density at radius 1 is 1.15 bits per heavy atom. The first-order valence-electron chi connectivity index (χ1n) is 8.66. The lowest BCUT2D eigenvalue weighted by Crippen LogP contribution is -2.29. The highest BCUT2D eigenvalue weighted by Crippen LogP contribution is 2.20. The third-order valence-corrected chi connectivity index (χ3v) is 4.35. The van der Waals surface area contributed by atoms with E-state index in [0.29, 0.717) is 24.5 Å². The van der Waals surface area contributed by atoms with Gasteiger partial charge in [0, 0.05) is 23.9 Å². The average Bonchev–Trinajstić information content (AvgIpc) is 3.23. The predicted octanol–water partition coefficient (Wildman–Crippen LogP) is 1.78. The van der Waals surface area contributed by atoms with Crippen LogP contribution in [0.5, 0.6) is 0 Å². The van der Waals surface area contributed by atoms with Crippen molar-refractivity contribution in [1.82, 2.24) is 30.4 Å². The number of rotatable bonds is 5. The minimum Gasteiger partial charge on any atom is -0.326 e. The topological polar surface area (TPSA) is 102 Å². The zero-order valence-corrected chi connectivity index (χ0v) is 14.7. The highest BCUT2D eigenvalue weighted by molar-refractivity contribution is 6.04. The summed E-state index contributed by atoms with van der Waals surface area (Å²) in [5, 5.41) is 9.52. The summed E-state index contributed by atoms with van der Waals surface area (Å²) < 4.78 is 1.77. The third kappa shape index (κ3) is 3.55. The number of nitrogens with zero attached hydrogens (tertiary/aromatic N) is 4. The largest absolute Gasteiger partial charge is 0.326 e. The van der Waals surface area contributed by atoms with E-state index in [-0.39, 0.29) is 5.91 Å². The smallest absolute Gasteiger partial charge is 0.322 e. The maximum Gasteiger partial charge on any atom is 0.322 e. The molecular weight excluding hydrogens is 344 g/mol. The molecule has 3 aromatic rings. The summed E-state index contributed by atoms with van der Waals surface area (Å²) in [7, 11) is 0. The maximum atomic E-state index is 11.8. The summed E-state index contributed by atoms with van der Waals surface area (Å²) in [5.41, 5.74) is 2.64. The maximum absolute atomic E-state index is 11.8. The Kier molecular flexibility index (Phi) is 4.37. The van der Waals surface area contributed by atoms with Gasteiger partial charge in [0.05, 0.1) is 5.69 Å². The number of hydrogen-bond donors (Lipinski definition) is 2. The molecule has 8 nitrogen and oxygen atoms in total. The number of imide groups is 1. The van der Waals surface area contributed by atoms with Crippen molar-refractivity contribution in [2.45, 2.75) is 25.8 Å². The number of carbonyl (C=O) groups is 2. The molecule has 2 N–H and O–H groups in total. The second-order valence-electron chi connectivity index (χ2n) is 6.34. The Morgan fingerprint density at radius 3 is 2.67 bits per heavy atom. The van der Waals surface area contributed by atoms with Crippen molar-refractivity contribution in [3.05, 3.63) is 60.2 Å². The van der Waals surface area contributed by atoms with Crippen LogP contribution in [-0.4, -0.2) is 37.7 Å². The van der Waals surface area contributed by atoms with E-state index < -0.39 is 12.1 Å². The minimum absolute atomic E-state index is 0.311. The zero-order chi connectivity index (χ0) is 18.8. The van der Waals surface area contributed by atoms with Crippen LogP contribution in [0.4, 0.5) is 4.79 Å². The Bertz CT molecular complexity index is 998. The lowest BCUT2D eigenvalue weighted by atomic mass is 10.1. The van der Waals surface area contributed by atoms with E-state index in [0.717, 1.165) is 16.9 Å². The third-order valence-electron chi connectivity index (χ3n) is 4.35. The van der Waals surface area contributed by atoms with Crippen molar-refractivity contribution in [3.63, 3.8) is 0 Å². The van der Waals surface area contributed by atoms with E-state index in [1.807, 2.05) is 49.4 Å². The molecule has 0 spiro atoms. The van der Waals surface area contributed by atoms with Crippen molar-refractivity contribution in [2.75, 3.05) is 0 Å². The molecule has 0 bridgehead atoms. The van der Waals surface area contributed by atoms with Crippen molar-refractivity contribution < 1.29 is 9.59 Å². The molecule has 136 valence electrons. The van der Waals surface area contributed by atoms with E-state index in [9.17, 15) is 9.59 Å². The Balaban J connectivity index is 1.67. The highest BCUT2D eigenvalue weighted by Gasteiger charge is 2.29. The Labute approximate surface area is 155 Å². The highest BCUT2D eigenvalue weighted by atomic mass is 16.2. The molecule has 0 radical (unpaired) electrons. The second-order valence-corrected chi connectivity index (χ2v) is 6.34. The Morgan fingerprint density at radius 2 is 1.96 bits per heavy atom. The standard InChI is InChI=1S/C19H18N6O2/c1-12-11-14(9-10-20-12)25-16(8-7-15-18(26)23-19(27)21-15)22-17(24-25)13-5-3-2-4-6-13/h2-6,9-11,15H,7-8H2,1H3,(H2,21,23,26,27). The molecule has 8 heteroatoms. The quantitative estimate of drug-likeness (QED) is 0.674. The summed E-state index contributed by atoms with van der Waals surface area (Å²) in [4.78, 5) is 32.0. The number of carbonyl (C=O) groups excluding carboxylic acids is 2. The molecule has 27 heavy (non-hydrogen) atoms. The molecule has 1 aliphatic rings. The van der Waals surface area contributed by atoms with Gasteiger partial charge in [0.2, 0.25) is 0 Å². The monoisotopic (exact) mass is 362 g/mol. The molecule has 1 aliphatic heterocycles. The number of benzene rings is 1. The van der Waals surface area contributed by atoms with Crippen LogP contribution >= 0.6 is 0 Å². The minimum atomic E-state index is -0.554. The van der Waals surface area contributed by atoms with Gasteiger partial charge in [-0.15, -0.1) is 5.10 Å². The summed E-state index contributed by atoms with van der Waals surface area (Å²) in [6, 6.07) is 12.5. The van der Waals surface area contributed by atoms with Crippen LogP contribution in [-0.2, 0) is 11.2 Å². The van der Waals surface area contributed by atoms with Crippen LogP contribution < -0.4 is 10.6 Å².